The van der Waals surface area contributed by atoms with Crippen LogP contribution >= 0.6 is 0 Å². The maximum absolute atomic E-state index is 14.8. The molecule has 0 aromatic rings. The second-order valence-corrected chi connectivity index (χ2v) is 7.35. The number of allylic oxidation sites excluding steroid dienone is 1. The first-order valence-electron chi connectivity index (χ1n) is 8.67. The van der Waals surface area contributed by atoms with Crippen LogP contribution in [0.1, 0.15) is 26.2 Å². The molecule has 1 saturated carbocycles. The molecule has 2 N–H and O–H groups in total. The molecule has 3 heterocycles. The predicted octanol–water partition coefficient (Wildman–Crippen LogP) is 1.40. The number of carboxylic acids is 1. The third-order valence-electron chi connectivity index (χ3n) is 5.66. The van der Waals surface area contributed by atoms with Gasteiger partial charge in [0.05, 0.1) is 17.8 Å². The molecule has 2 unspecified atom stereocenters. The Hall–Kier alpha value is -2.15. The van der Waals surface area contributed by atoms with Gasteiger partial charge in [-0.05, 0) is 37.7 Å². The average Bonchev–Trinajstić information content (AvgIpc) is 3.30. The molecule has 3 aliphatic heterocycles. The van der Waals surface area contributed by atoms with Crippen LogP contribution in [0.15, 0.2) is 34.9 Å². The van der Waals surface area contributed by atoms with Crippen LogP contribution in [0.2, 0.25) is 0 Å². The third-order valence-corrected chi connectivity index (χ3v) is 5.66. The summed E-state index contributed by atoms with van der Waals surface area (Å²) >= 11 is 0. The minimum absolute atomic E-state index is 0.115. The Morgan fingerprint density at radius 3 is 2.60 bits per heavy atom. The number of carbonyl (C=O) groups excluding carboxylic acids is 1. The van der Waals surface area contributed by atoms with Crippen LogP contribution in [0.25, 0.3) is 0 Å². The highest BCUT2D eigenvalue weighted by Gasteiger charge is 2.48. The van der Waals surface area contributed by atoms with E-state index in [2.05, 4.69) is 0 Å². The minimum atomic E-state index is -1.27. The highest BCUT2D eigenvalue weighted by atomic mass is 19.1. The minimum Gasteiger partial charge on any atom is -0.478 e. The maximum Gasteiger partial charge on any atom is 0.341 e. The van der Waals surface area contributed by atoms with Gasteiger partial charge in [-0.3, -0.25) is 4.79 Å². The van der Waals surface area contributed by atoms with E-state index in [1.807, 2.05) is 11.8 Å². The molecule has 0 spiro atoms. The van der Waals surface area contributed by atoms with Gasteiger partial charge in [0.25, 0.3) is 5.91 Å². The van der Waals surface area contributed by atoms with Gasteiger partial charge < -0.3 is 20.0 Å². The van der Waals surface area contributed by atoms with Crippen molar-refractivity contribution >= 4 is 11.9 Å². The van der Waals surface area contributed by atoms with Gasteiger partial charge in [0, 0.05) is 25.2 Å². The van der Waals surface area contributed by atoms with Crippen molar-refractivity contribution in [1.82, 2.24) is 9.80 Å². The van der Waals surface area contributed by atoms with Crippen LogP contribution in [-0.4, -0.2) is 57.1 Å². The number of fused-ring (bicyclic) bond motifs is 1. The molecule has 1 saturated heterocycles. The number of rotatable bonds is 3. The van der Waals surface area contributed by atoms with E-state index < -0.39 is 23.8 Å². The SMILES string of the molecule is CC1=C(N2CC[C@H](O)C2)C(F)=CN2C(=O)C(C(=O)O)=CC(C3CC3)C12. The van der Waals surface area contributed by atoms with Gasteiger partial charge in [0.15, 0.2) is 5.83 Å². The van der Waals surface area contributed by atoms with E-state index in [0.717, 1.165) is 24.6 Å². The average molecular weight is 348 g/mol. The van der Waals surface area contributed by atoms with E-state index in [4.69, 9.17) is 0 Å². The number of carboxylic acid groups (broad SMARTS) is 1. The van der Waals surface area contributed by atoms with Crippen LogP contribution in [0.3, 0.4) is 0 Å². The van der Waals surface area contributed by atoms with Gasteiger partial charge in [-0.25, -0.2) is 9.18 Å². The number of aliphatic carboxylic acids is 1. The van der Waals surface area contributed by atoms with Crippen molar-refractivity contribution in [2.24, 2.45) is 11.8 Å². The lowest BCUT2D eigenvalue weighted by atomic mass is 9.81. The Labute approximate surface area is 144 Å². The lowest BCUT2D eigenvalue weighted by Gasteiger charge is -2.43. The molecular weight excluding hydrogens is 327 g/mol. The van der Waals surface area contributed by atoms with Gasteiger partial charge in [0.1, 0.15) is 5.57 Å². The standard InChI is InChI=1S/C18H21FN2O4/c1-9-15-12(10-2-3-10)6-13(18(24)25)17(23)21(15)8-14(19)16(9)20-5-4-11(22)7-20/h6,8,10-12,15,22H,2-5,7H2,1H3,(H,24,25)/t11-,12?,15?/m0/s1. The third kappa shape index (κ3) is 2.57. The van der Waals surface area contributed by atoms with Gasteiger partial charge >= 0.3 is 5.97 Å². The zero-order valence-corrected chi connectivity index (χ0v) is 14.0. The van der Waals surface area contributed by atoms with Gasteiger partial charge in [-0.1, -0.05) is 6.08 Å². The summed E-state index contributed by atoms with van der Waals surface area (Å²) < 4.78 is 14.8. The molecule has 1 amide bonds. The summed E-state index contributed by atoms with van der Waals surface area (Å²) in [7, 11) is 0. The molecular formula is C18H21FN2O4. The number of hydrogen-bond donors (Lipinski definition) is 2. The molecule has 0 aromatic carbocycles. The number of likely N-dealkylation sites (tertiary alicyclic amines) is 1. The number of carbonyl (C=O) groups is 2. The molecule has 4 aliphatic rings. The van der Waals surface area contributed by atoms with Crippen LogP contribution in [0.4, 0.5) is 4.39 Å². The maximum atomic E-state index is 14.8. The molecule has 0 aromatic heterocycles. The summed E-state index contributed by atoms with van der Waals surface area (Å²) in [6.07, 6.45) is 4.81. The first-order chi connectivity index (χ1) is 11.9. The molecule has 0 bridgehead atoms. The summed E-state index contributed by atoms with van der Waals surface area (Å²) in [6, 6.07) is -0.352. The van der Waals surface area contributed by atoms with E-state index in [-0.39, 0.29) is 17.5 Å². The summed E-state index contributed by atoms with van der Waals surface area (Å²) in [6.45, 7) is 2.76. The second kappa shape index (κ2) is 5.69. The monoisotopic (exact) mass is 348 g/mol. The van der Waals surface area contributed by atoms with Crippen molar-refractivity contribution in [2.75, 3.05) is 13.1 Å². The number of aliphatic hydroxyl groups is 1. The molecule has 4 rings (SSSR count). The van der Waals surface area contributed by atoms with Crippen LogP contribution in [0, 0.1) is 11.8 Å². The normalized spacial score (nSPS) is 32.6. The second-order valence-electron chi connectivity index (χ2n) is 7.35. The lowest BCUT2D eigenvalue weighted by molar-refractivity contribution is -0.138. The fourth-order valence-electron chi connectivity index (χ4n) is 4.34. The molecule has 2 fully saturated rings. The lowest BCUT2D eigenvalue weighted by Crippen LogP contribution is -2.50. The van der Waals surface area contributed by atoms with Crippen molar-refractivity contribution in [3.63, 3.8) is 0 Å². The Bertz CT molecular complexity index is 737. The van der Waals surface area contributed by atoms with E-state index >= 15 is 0 Å². The Morgan fingerprint density at radius 1 is 1.32 bits per heavy atom. The topological polar surface area (TPSA) is 81.1 Å². The molecule has 25 heavy (non-hydrogen) atoms. The van der Waals surface area contributed by atoms with E-state index in [1.165, 1.54) is 4.90 Å². The summed E-state index contributed by atoms with van der Waals surface area (Å²) in [5.74, 6) is -2.26. The summed E-state index contributed by atoms with van der Waals surface area (Å²) in [4.78, 5) is 27.1. The zero-order chi connectivity index (χ0) is 17.9. The van der Waals surface area contributed by atoms with Crippen LogP contribution < -0.4 is 0 Å². The van der Waals surface area contributed by atoms with Gasteiger partial charge in [-0.15, -0.1) is 0 Å². The highest BCUT2D eigenvalue weighted by Crippen LogP contribution is 2.47. The number of halogens is 1. The molecule has 1 aliphatic carbocycles. The quantitative estimate of drug-likeness (QED) is 0.754. The molecule has 6 nitrogen and oxygen atoms in total. The smallest absolute Gasteiger partial charge is 0.341 e. The van der Waals surface area contributed by atoms with Crippen LogP contribution in [0.5, 0.6) is 0 Å². The van der Waals surface area contributed by atoms with Crippen molar-refractivity contribution in [2.45, 2.75) is 38.3 Å². The Kier molecular flexibility index (Phi) is 3.72. The number of nitrogens with zero attached hydrogens (tertiary/aromatic N) is 2. The largest absolute Gasteiger partial charge is 0.478 e. The molecule has 0 radical (unpaired) electrons. The van der Waals surface area contributed by atoms with E-state index in [0.29, 0.717) is 31.1 Å². The fraction of sp³-hybridized carbons (Fsp3) is 0.556. The van der Waals surface area contributed by atoms with Gasteiger partial charge in [0.2, 0.25) is 0 Å². The van der Waals surface area contributed by atoms with E-state index in [1.54, 1.807) is 6.08 Å². The van der Waals surface area contributed by atoms with Crippen molar-refractivity contribution < 1.29 is 24.2 Å². The summed E-state index contributed by atoms with van der Waals surface area (Å²) in [5, 5.41) is 19.1. The number of aliphatic hydroxyl groups excluding tert-OH is 1. The van der Waals surface area contributed by atoms with Crippen molar-refractivity contribution in [3.8, 4) is 0 Å². The van der Waals surface area contributed by atoms with Crippen LogP contribution in [-0.2, 0) is 9.59 Å². The Balaban J connectivity index is 1.78. The van der Waals surface area contributed by atoms with Gasteiger partial charge in [-0.2, -0.15) is 0 Å². The first kappa shape index (κ1) is 16.3. The van der Waals surface area contributed by atoms with Crippen molar-refractivity contribution in [1.29, 1.82) is 0 Å². The van der Waals surface area contributed by atoms with Crippen molar-refractivity contribution in [3.05, 3.63) is 34.9 Å². The molecule has 134 valence electrons. The number of β-amino-alcohol motifs (C(OH)–C–C–N with tert-alkyl or cyclic N) is 1. The zero-order valence-electron chi connectivity index (χ0n) is 14.0. The molecule has 7 heteroatoms. The number of hydrogen-bond acceptors (Lipinski definition) is 4. The first-order valence-corrected chi connectivity index (χ1v) is 8.67. The fourth-order valence-corrected chi connectivity index (χ4v) is 4.34. The molecule has 3 atom stereocenters. The predicted molar refractivity (Wildman–Crippen MR) is 86.7 cm³/mol. The summed E-state index contributed by atoms with van der Waals surface area (Å²) in [5.41, 5.74) is 0.911. The van der Waals surface area contributed by atoms with E-state index in [9.17, 15) is 24.2 Å². The highest BCUT2D eigenvalue weighted by molar-refractivity contribution is 6.16. The number of amides is 1. The Morgan fingerprint density at radius 2 is 2.04 bits per heavy atom.